The predicted molar refractivity (Wildman–Crippen MR) is 63.1 cm³/mol. The van der Waals surface area contributed by atoms with Crippen LogP contribution < -0.4 is 0 Å². The van der Waals surface area contributed by atoms with Gasteiger partial charge in [0.25, 0.3) is 0 Å². The van der Waals surface area contributed by atoms with E-state index in [0.717, 1.165) is 27.6 Å². The molecule has 3 nitrogen and oxygen atoms in total. The van der Waals surface area contributed by atoms with Crippen molar-refractivity contribution in [1.29, 1.82) is 0 Å². The maximum Gasteiger partial charge on any atom is 0.159 e. The normalized spacial score (nSPS) is 10.9. The fourth-order valence-electron chi connectivity index (χ4n) is 1.59. The minimum Gasteiger partial charge on any atom is -0.295 e. The summed E-state index contributed by atoms with van der Waals surface area (Å²) in [6, 6.07) is 5.64. The number of hydrogen-bond donors (Lipinski definition) is 0. The van der Waals surface area contributed by atoms with Gasteiger partial charge >= 0.3 is 0 Å². The summed E-state index contributed by atoms with van der Waals surface area (Å²) in [6.07, 6.45) is 0. The molecular weight excluding hydrogens is 256 g/mol. The van der Waals surface area contributed by atoms with Crippen LogP contribution in [0.1, 0.15) is 24.2 Å². The molecule has 0 aliphatic carbocycles. The van der Waals surface area contributed by atoms with Crippen LogP contribution in [0.3, 0.4) is 0 Å². The number of hydrogen-bond acceptors (Lipinski definition) is 2. The number of carbonyl (C=O) groups excluding carboxylic acids is 1. The van der Waals surface area contributed by atoms with Crippen LogP contribution in [0.5, 0.6) is 0 Å². The summed E-state index contributed by atoms with van der Waals surface area (Å²) in [6.45, 7) is 4.39. The zero-order chi connectivity index (χ0) is 11.0. The molecule has 0 aliphatic heterocycles. The number of benzene rings is 1. The minimum absolute atomic E-state index is 0.0804. The van der Waals surface area contributed by atoms with Gasteiger partial charge in [0.2, 0.25) is 0 Å². The molecule has 0 aliphatic rings. The average Bonchev–Trinajstić information content (AvgIpc) is 2.55. The number of aromatic nitrogens is 2. The Morgan fingerprint density at radius 3 is 2.87 bits per heavy atom. The smallest absolute Gasteiger partial charge is 0.159 e. The number of halogens is 1. The molecule has 78 valence electrons. The van der Waals surface area contributed by atoms with E-state index >= 15 is 0 Å². The number of aryl methyl sites for hydroxylation is 1. The van der Waals surface area contributed by atoms with Crippen LogP contribution in [-0.4, -0.2) is 15.6 Å². The molecular formula is C11H11BrN2O. The van der Waals surface area contributed by atoms with Crippen LogP contribution in [0, 0.1) is 0 Å². The molecule has 0 saturated carbocycles. The van der Waals surface area contributed by atoms with Crippen molar-refractivity contribution >= 4 is 32.6 Å². The fourth-order valence-corrected chi connectivity index (χ4v) is 2.12. The number of fused-ring (bicyclic) bond motifs is 1. The fraction of sp³-hybridized carbons (Fsp3) is 0.273. The number of nitrogens with zero attached hydrogens (tertiary/aromatic N) is 2. The third kappa shape index (κ3) is 1.69. The lowest BCUT2D eigenvalue weighted by molar-refractivity contribution is 0.101. The van der Waals surface area contributed by atoms with E-state index in [-0.39, 0.29) is 5.78 Å². The number of ketones is 1. The van der Waals surface area contributed by atoms with Crippen molar-refractivity contribution < 1.29 is 4.79 Å². The van der Waals surface area contributed by atoms with E-state index in [1.54, 1.807) is 6.92 Å². The van der Waals surface area contributed by atoms with Gasteiger partial charge in [0.1, 0.15) is 4.60 Å². The van der Waals surface area contributed by atoms with Crippen LogP contribution in [-0.2, 0) is 6.54 Å². The lowest BCUT2D eigenvalue weighted by Crippen LogP contribution is -1.97. The molecule has 0 radical (unpaired) electrons. The second-order valence-electron chi connectivity index (χ2n) is 3.39. The zero-order valence-corrected chi connectivity index (χ0v) is 10.2. The van der Waals surface area contributed by atoms with Crippen molar-refractivity contribution in [3.8, 4) is 0 Å². The van der Waals surface area contributed by atoms with Crippen molar-refractivity contribution in [1.82, 2.24) is 9.78 Å². The van der Waals surface area contributed by atoms with Gasteiger partial charge in [-0.1, -0.05) is 6.07 Å². The van der Waals surface area contributed by atoms with Gasteiger partial charge in [0.05, 0.1) is 5.52 Å². The molecule has 1 aromatic heterocycles. The van der Waals surface area contributed by atoms with Gasteiger partial charge < -0.3 is 0 Å². The van der Waals surface area contributed by atoms with E-state index in [2.05, 4.69) is 21.0 Å². The number of rotatable bonds is 2. The molecule has 4 heteroatoms. The quantitative estimate of drug-likeness (QED) is 0.784. The molecule has 1 heterocycles. The second-order valence-corrected chi connectivity index (χ2v) is 4.15. The highest BCUT2D eigenvalue weighted by atomic mass is 79.9. The van der Waals surface area contributed by atoms with Gasteiger partial charge in [-0.3, -0.25) is 9.48 Å². The maximum atomic E-state index is 11.3. The van der Waals surface area contributed by atoms with E-state index in [9.17, 15) is 4.79 Å². The Kier molecular flexibility index (Phi) is 2.61. The predicted octanol–water partition coefficient (Wildman–Crippen LogP) is 3.02. The highest BCUT2D eigenvalue weighted by Crippen LogP contribution is 2.24. The summed E-state index contributed by atoms with van der Waals surface area (Å²) in [7, 11) is 0. The summed E-state index contributed by atoms with van der Waals surface area (Å²) in [5.41, 5.74) is 1.72. The molecule has 0 N–H and O–H groups in total. The molecule has 0 saturated heterocycles. The Hall–Kier alpha value is -1.16. The molecule has 0 spiro atoms. The lowest BCUT2D eigenvalue weighted by Gasteiger charge is -1.99. The number of carbonyl (C=O) groups is 1. The summed E-state index contributed by atoms with van der Waals surface area (Å²) in [5, 5.41) is 5.37. The largest absolute Gasteiger partial charge is 0.295 e. The monoisotopic (exact) mass is 266 g/mol. The molecule has 0 fully saturated rings. The van der Waals surface area contributed by atoms with Gasteiger partial charge in [0.15, 0.2) is 5.78 Å². The molecule has 2 aromatic rings. The highest BCUT2D eigenvalue weighted by Gasteiger charge is 2.09. The standard InChI is InChI=1S/C11H11BrN2O/c1-3-14-10-6-8(7(2)15)4-5-9(10)11(12)13-14/h4-6H,3H2,1-2H3. The molecule has 0 bridgehead atoms. The average molecular weight is 267 g/mol. The SMILES string of the molecule is CCn1nc(Br)c2ccc(C(C)=O)cc21. The molecule has 2 rings (SSSR count). The summed E-state index contributed by atoms with van der Waals surface area (Å²) >= 11 is 3.40. The van der Waals surface area contributed by atoms with Crippen LogP contribution in [0.15, 0.2) is 22.8 Å². The van der Waals surface area contributed by atoms with Gasteiger partial charge in [-0.2, -0.15) is 5.10 Å². The van der Waals surface area contributed by atoms with Gasteiger partial charge in [-0.05, 0) is 41.9 Å². The highest BCUT2D eigenvalue weighted by molar-refractivity contribution is 9.10. The van der Waals surface area contributed by atoms with Crippen LogP contribution in [0.25, 0.3) is 10.9 Å². The van der Waals surface area contributed by atoms with Crippen molar-refractivity contribution in [3.63, 3.8) is 0 Å². The van der Waals surface area contributed by atoms with E-state index in [1.165, 1.54) is 0 Å². The molecule has 15 heavy (non-hydrogen) atoms. The second kappa shape index (κ2) is 3.77. The minimum atomic E-state index is 0.0804. The summed E-state index contributed by atoms with van der Waals surface area (Å²) in [5.74, 6) is 0.0804. The Bertz CT molecular complexity index is 531. The first-order valence-electron chi connectivity index (χ1n) is 4.80. The Morgan fingerprint density at radius 1 is 1.53 bits per heavy atom. The van der Waals surface area contributed by atoms with Crippen LogP contribution in [0.4, 0.5) is 0 Å². The van der Waals surface area contributed by atoms with Crippen molar-refractivity contribution in [2.75, 3.05) is 0 Å². The van der Waals surface area contributed by atoms with E-state index in [0.29, 0.717) is 0 Å². The Labute approximate surface area is 96.2 Å². The first kappa shape index (κ1) is 10.4. The van der Waals surface area contributed by atoms with Gasteiger partial charge in [-0.25, -0.2) is 0 Å². The van der Waals surface area contributed by atoms with Crippen molar-refractivity contribution in [2.45, 2.75) is 20.4 Å². The number of Topliss-reactive ketones (excluding diaryl/α,β-unsaturated/α-hetero) is 1. The topological polar surface area (TPSA) is 34.9 Å². The zero-order valence-electron chi connectivity index (χ0n) is 8.62. The van der Waals surface area contributed by atoms with E-state index in [1.807, 2.05) is 29.8 Å². The van der Waals surface area contributed by atoms with Gasteiger partial charge in [0, 0.05) is 17.5 Å². The lowest BCUT2D eigenvalue weighted by atomic mass is 10.1. The first-order chi connectivity index (χ1) is 7.13. The Balaban J connectivity index is 2.73. The maximum absolute atomic E-state index is 11.3. The van der Waals surface area contributed by atoms with E-state index in [4.69, 9.17) is 0 Å². The van der Waals surface area contributed by atoms with E-state index < -0.39 is 0 Å². The van der Waals surface area contributed by atoms with Crippen LogP contribution in [0.2, 0.25) is 0 Å². The van der Waals surface area contributed by atoms with Crippen molar-refractivity contribution in [3.05, 3.63) is 28.4 Å². The first-order valence-corrected chi connectivity index (χ1v) is 5.59. The molecule has 0 unspecified atom stereocenters. The molecule has 1 aromatic carbocycles. The summed E-state index contributed by atoms with van der Waals surface area (Å²) < 4.78 is 2.71. The van der Waals surface area contributed by atoms with Crippen LogP contribution >= 0.6 is 15.9 Å². The van der Waals surface area contributed by atoms with Crippen molar-refractivity contribution in [2.24, 2.45) is 0 Å². The van der Waals surface area contributed by atoms with Gasteiger partial charge in [-0.15, -0.1) is 0 Å². The third-order valence-corrected chi connectivity index (χ3v) is 3.00. The molecule has 0 amide bonds. The Morgan fingerprint density at radius 2 is 2.27 bits per heavy atom. The molecule has 0 atom stereocenters. The summed E-state index contributed by atoms with van der Waals surface area (Å²) in [4.78, 5) is 11.3. The third-order valence-electron chi connectivity index (χ3n) is 2.41.